The number of carbonyl (C=O) groups excluding carboxylic acids is 1. The van der Waals surface area contributed by atoms with Gasteiger partial charge in [0.25, 0.3) is 0 Å². The Labute approximate surface area is 104 Å². The topological polar surface area (TPSA) is 75.6 Å². The number of likely N-dealkylation sites (tertiary alicyclic amines) is 1. The van der Waals surface area contributed by atoms with Crippen molar-refractivity contribution in [3.63, 3.8) is 0 Å². The van der Waals surface area contributed by atoms with Gasteiger partial charge in [-0.3, -0.25) is 4.79 Å². The van der Waals surface area contributed by atoms with Crippen LogP contribution in [-0.4, -0.2) is 62.0 Å². The van der Waals surface area contributed by atoms with Gasteiger partial charge in [-0.05, 0) is 45.9 Å². The van der Waals surface area contributed by atoms with E-state index in [2.05, 4.69) is 16.8 Å². The monoisotopic (exact) mass is 242 g/mol. The summed E-state index contributed by atoms with van der Waals surface area (Å²) in [6.45, 7) is 3.85. The molecule has 5 heteroatoms. The first-order valence-corrected chi connectivity index (χ1v) is 6.40. The van der Waals surface area contributed by atoms with E-state index >= 15 is 0 Å². The van der Waals surface area contributed by atoms with E-state index in [1.165, 1.54) is 25.9 Å². The standard InChI is InChI=1S/C12H26N4O/c1-15-5-3-10(4-6-15)9-16(2)11(8-13)7-12(14)17/h10-11H,3-9,13H2,1-2H3,(H2,14,17). The zero-order valence-corrected chi connectivity index (χ0v) is 11.1. The second kappa shape index (κ2) is 6.93. The summed E-state index contributed by atoms with van der Waals surface area (Å²) in [6, 6.07) is 0.0900. The van der Waals surface area contributed by atoms with E-state index in [1.54, 1.807) is 0 Å². The molecule has 0 radical (unpaired) electrons. The first-order valence-electron chi connectivity index (χ1n) is 6.40. The van der Waals surface area contributed by atoms with Crippen molar-refractivity contribution < 1.29 is 4.79 Å². The largest absolute Gasteiger partial charge is 0.370 e. The molecule has 1 atom stereocenters. The highest BCUT2D eigenvalue weighted by Gasteiger charge is 2.22. The van der Waals surface area contributed by atoms with Crippen LogP contribution < -0.4 is 11.5 Å². The molecule has 0 spiro atoms. The van der Waals surface area contributed by atoms with Crippen molar-refractivity contribution in [2.24, 2.45) is 17.4 Å². The lowest BCUT2D eigenvalue weighted by atomic mass is 9.96. The quantitative estimate of drug-likeness (QED) is 0.656. The third-order valence-electron chi connectivity index (χ3n) is 3.72. The molecular weight excluding hydrogens is 216 g/mol. The number of likely N-dealkylation sites (N-methyl/N-ethyl adjacent to an activating group) is 1. The first-order chi connectivity index (χ1) is 8.02. The van der Waals surface area contributed by atoms with Gasteiger partial charge in [0, 0.05) is 25.6 Å². The number of rotatable bonds is 6. The average Bonchev–Trinajstić information content (AvgIpc) is 2.28. The Kier molecular flexibility index (Phi) is 5.88. The van der Waals surface area contributed by atoms with E-state index in [9.17, 15) is 4.79 Å². The van der Waals surface area contributed by atoms with E-state index in [0.717, 1.165) is 12.5 Å². The number of primary amides is 1. The second-order valence-corrected chi connectivity index (χ2v) is 5.25. The van der Waals surface area contributed by atoms with Crippen LogP contribution in [0.25, 0.3) is 0 Å². The molecule has 0 aliphatic carbocycles. The third kappa shape index (κ3) is 5.02. The van der Waals surface area contributed by atoms with Gasteiger partial charge in [-0.1, -0.05) is 0 Å². The van der Waals surface area contributed by atoms with Crippen LogP contribution in [0.5, 0.6) is 0 Å². The summed E-state index contributed by atoms with van der Waals surface area (Å²) in [6.07, 6.45) is 2.82. The molecule has 1 unspecified atom stereocenters. The molecule has 0 aromatic rings. The third-order valence-corrected chi connectivity index (χ3v) is 3.72. The fourth-order valence-corrected chi connectivity index (χ4v) is 2.45. The second-order valence-electron chi connectivity index (χ2n) is 5.25. The number of hydrogen-bond acceptors (Lipinski definition) is 4. The van der Waals surface area contributed by atoms with Crippen molar-refractivity contribution in [2.75, 3.05) is 40.3 Å². The van der Waals surface area contributed by atoms with E-state index in [1.807, 2.05) is 7.05 Å². The smallest absolute Gasteiger partial charge is 0.219 e. The number of nitrogens with two attached hydrogens (primary N) is 2. The zero-order chi connectivity index (χ0) is 12.8. The molecule has 17 heavy (non-hydrogen) atoms. The SMILES string of the molecule is CN1CCC(CN(C)C(CN)CC(N)=O)CC1. The van der Waals surface area contributed by atoms with Crippen LogP contribution in [0.4, 0.5) is 0 Å². The minimum absolute atomic E-state index is 0.0900. The maximum Gasteiger partial charge on any atom is 0.219 e. The minimum atomic E-state index is -0.268. The Morgan fingerprint density at radius 1 is 1.47 bits per heavy atom. The van der Waals surface area contributed by atoms with Gasteiger partial charge in [0.15, 0.2) is 0 Å². The van der Waals surface area contributed by atoms with Crippen LogP contribution in [-0.2, 0) is 4.79 Å². The van der Waals surface area contributed by atoms with Gasteiger partial charge >= 0.3 is 0 Å². The Hall–Kier alpha value is -0.650. The molecular formula is C12H26N4O. The lowest BCUT2D eigenvalue weighted by Gasteiger charge is -2.34. The molecule has 0 aromatic heterocycles. The lowest BCUT2D eigenvalue weighted by Crippen LogP contribution is -2.44. The summed E-state index contributed by atoms with van der Waals surface area (Å²) in [5.41, 5.74) is 10.9. The molecule has 4 N–H and O–H groups in total. The van der Waals surface area contributed by atoms with Gasteiger partial charge in [-0.2, -0.15) is 0 Å². The van der Waals surface area contributed by atoms with Crippen molar-refractivity contribution in [1.29, 1.82) is 0 Å². The van der Waals surface area contributed by atoms with Gasteiger partial charge in [0.2, 0.25) is 5.91 Å². The maximum atomic E-state index is 10.9. The highest BCUT2D eigenvalue weighted by atomic mass is 16.1. The van der Waals surface area contributed by atoms with Crippen molar-refractivity contribution >= 4 is 5.91 Å². The van der Waals surface area contributed by atoms with Crippen LogP contribution in [0.2, 0.25) is 0 Å². The van der Waals surface area contributed by atoms with Gasteiger partial charge in [-0.15, -0.1) is 0 Å². The molecule has 1 aliphatic rings. The molecule has 100 valence electrons. The number of carbonyl (C=O) groups is 1. The van der Waals surface area contributed by atoms with Crippen LogP contribution >= 0.6 is 0 Å². The van der Waals surface area contributed by atoms with Crippen molar-refractivity contribution in [3.05, 3.63) is 0 Å². The number of amides is 1. The molecule has 0 aromatic carbocycles. The Bertz CT molecular complexity index is 239. The normalized spacial score (nSPS) is 20.7. The highest BCUT2D eigenvalue weighted by Crippen LogP contribution is 2.18. The molecule has 5 nitrogen and oxygen atoms in total. The molecule has 1 fully saturated rings. The predicted octanol–water partition coefficient (Wildman–Crippen LogP) is -0.537. The molecule has 1 heterocycles. The van der Waals surface area contributed by atoms with E-state index in [-0.39, 0.29) is 11.9 Å². The molecule has 0 bridgehead atoms. The first kappa shape index (κ1) is 14.4. The Morgan fingerprint density at radius 2 is 2.06 bits per heavy atom. The Morgan fingerprint density at radius 3 is 2.53 bits per heavy atom. The summed E-state index contributed by atoms with van der Waals surface area (Å²) in [5, 5.41) is 0. The fraction of sp³-hybridized carbons (Fsp3) is 0.917. The van der Waals surface area contributed by atoms with E-state index < -0.39 is 0 Å². The molecule has 1 aliphatic heterocycles. The van der Waals surface area contributed by atoms with Gasteiger partial charge in [0.1, 0.15) is 0 Å². The molecule has 1 saturated heterocycles. The fourth-order valence-electron chi connectivity index (χ4n) is 2.45. The lowest BCUT2D eigenvalue weighted by molar-refractivity contribution is -0.119. The van der Waals surface area contributed by atoms with E-state index in [0.29, 0.717) is 13.0 Å². The van der Waals surface area contributed by atoms with Gasteiger partial charge in [0.05, 0.1) is 0 Å². The predicted molar refractivity (Wildman–Crippen MR) is 69.5 cm³/mol. The zero-order valence-electron chi connectivity index (χ0n) is 11.1. The van der Waals surface area contributed by atoms with Crippen LogP contribution in [0, 0.1) is 5.92 Å². The summed E-state index contributed by atoms with van der Waals surface area (Å²) in [7, 11) is 4.20. The maximum absolute atomic E-state index is 10.9. The summed E-state index contributed by atoms with van der Waals surface area (Å²) < 4.78 is 0. The van der Waals surface area contributed by atoms with Gasteiger partial charge < -0.3 is 21.3 Å². The molecule has 1 rings (SSSR count). The van der Waals surface area contributed by atoms with Crippen LogP contribution in [0.15, 0.2) is 0 Å². The summed E-state index contributed by atoms with van der Waals surface area (Å²) >= 11 is 0. The number of hydrogen-bond donors (Lipinski definition) is 2. The number of piperidine rings is 1. The van der Waals surface area contributed by atoms with Crippen LogP contribution in [0.3, 0.4) is 0 Å². The minimum Gasteiger partial charge on any atom is -0.370 e. The molecule has 1 amide bonds. The highest BCUT2D eigenvalue weighted by molar-refractivity contribution is 5.74. The molecule has 0 saturated carbocycles. The van der Waals surface area contributed by atoms with Gasteiger partial charge in [-0.25, -0.2) is 0 Å². The average molecular weight is 242 g/mol. The van der Waals surface area contributed by atoms with E-state index in [4.69, 9.17) is 11.5 Å². The summed E-state index contributed by atoms with van der Waals surface area (Å²) in [5.74, 6) is 0.453. The number of nitrogens with zero attached hydrogens (tertiary/aromatic N) is 2. The van der Waals surface area contributed by atoms with Crippen molar-refractivity contribution in [3.8, 4) is 0 Å². The van der Waals surface area contributed by atoms with Crippen molar-refractivity contribution in [2.45, 2.75) is 25.3 Å². The summed E-state index contributed by atoms with van der Waals surface area (Å²) in [4.78, 5) is 15.5. The van der Waals surface area contributed by atoms with Crippen molar-refractivity contribution in [1.82, 2.24) is 9.80 Å². The Balaban J connectivity index is 2.35. The van der Waals surface area contributed by atoms with Crippen LogP contribution in [0.1, 0.15) is 19.3 Å².